The van der Waals surface area contributed by atoms with Crippen molar-refractivity contribution < 1.29 is 8.42 Å². The first-order valence-corrected chi connectivity index (χ1v) is 7.86. The fourth-order valence-corrected chi connectivity index (χ4v) is 4.61. The molecular formula is C11H22N2O2S. The first kappa shape index (κ1) is 12.3. The molecule has 5 heteroatoms. The molecule has 1 aliphatic heterocycles. The molecule has 2 fully saturated rings. The van der Waals surface area contributed by atoms with Gasteiger partial charge in [-0.05, 0) is 45.2 Å². The van der Waals surface area contributed by atoms with Crippen LogP contribution in [-0.2, 0) is 10.0 Å². The largest absolute Gasteiger partial charge is 0.316 e. The molecule has 16 heavy (non-hydrogen) atoms. The van der Waals surface area contributed by atoms with Crippen LogP contribution >= 0.6 is 0 Å². The molecular weight excluding hydrogens is 224 g/mol. The Labute approximate surface area is 98.2 Å². The maximum Gasteiger partial charge on any atom is 0.214 e. The average molecular weight is 246 g/mol. The van der Waals surface area contributed by atoms with E-state index in [2.05, 4.69) is 10.0 Å². The van der Waals surface area contributed by atoms with E-state index in [4.69, 9.17) is 0 Å². The van der Waals surface area contributed by atoms with Crippen molar-refractivity contribution in [2.75, 3.05) is 13.1 Å². The minimum Gasteiger partial charge on any atom is -0.316 e. The first-order valence-electron chi connectivity index (χ1n) is 6.31. The summed E-state index contributed by atoms with van der Waals surface area (Å²) >= 11 is 0. The van der Waals surface area contributed by atoms with E-state index in [1.807, 2.05) is 6.92 Å². The summed E-state index contributed by atoms with van der Waals surface area (Å²) in [6.45, 7) is 3.94. The molecule has 0 radical (unpaired) electrons. The third kappa shape index (κ3) is 2.76. The highest BCUT2D eigenvalue weighted by Gasteiger charge is 2.32. The van der Waals surface area contributed by atoms with Gasteiger partial charge in [0.25, 0.3) is 0 Å². The molecule has 0 amide bonds. The molecule has 4 nitrogen and oxygen atoms in total. The second kappa shape index (κ2) is 5.02. The van der Waals surface area contributed by atoms with Gasteiger partial charge in [0.1, 0.15) is 0 Å². The van der Waals surface area contributed by atoms with Gasteiger partial charge < -0.3 is 5.32 Å². The Morgan fingerprint density at radius 2 is 1.94 bits per heavy atom. The van der Waals surface area contributed by atoms with Crippen molar-refractivity contribution in [1.82, 2.24) is 10.0 Å². The standard InChI is InChI=1S/C11H22N2O2S/c1-9(10-6-7-12-8-10)13-16(14,15)11-4-2-3-5-11/h9-13H,2-8H2,1H3. The Morgan fingerprint density at radius 1 is 1.25 bits per heavy atom. The lowest BCUT2D eigenvalue weighted by molar-refractivity contribution is 0.441. The molecule has 0 aromatic rings. The van der Waals surface area contributed by atoms with Gasteiger partial charge in [-0.2, -0.15) is 0 Å². The van der Waals surface area contributed by atoms with Crippen molar-refractivity contribution in [3.8, 4) is 0 Å². The molecule has 0 bridgehead atoms. The van der Waals surface area contributed by atoms with Crippen molar-refractivity contribution >= 4 is 10.0 Å². The highest BCUT2D eigenvalue weighted by Crippen LogP contribution is 2.25. The molecule has 1 heterocycles. The van der Waals surface area contributed by atoms with E-state index < -0.39 is 10.0 Å². The second-order valence-electron chi connectivity index (χ2n) is 5.11. The number of hydrogen-bond donors (Lipinski definition) is 2. The fraction of sp³-hybridized carbons (Fsp3) is 1.00. The summed E-state index contributed by atoms with van der Waals surface area (Å²) in [6.07, 6.45) is 4.88. The number of nitrogens with one attached hydrogen (secondary N) is 2. The number of sulfonamides is 1. The first-order chi connectivity index (χ1) is 7.59. The van der Waals surface area contributed by atoms with Gasteiger partial charge in [0.2, 0.25) is 10.0 Å². The van der Waals surface area contributed by atoms with Crippen molar-refractivity contribution in [3.05, 3.63) is 0 Å². The maximum absolute atomic E-state index is 12.1. The molecule has 2 unspecified atom stereocenters. The van der Waals surface area contributed by atoms with E-state index in [9.17, 15) is 8.42 Å². The normalized spacial score (nSPS) is 29.7. The van der Waals surface area contributed by atoms with Gasteiger partial charge in [-0.25, -0.2) is 13.1 Å². The Kier molecular flexibility index (Phi) is 3.87. The Balaban J connectivity index is 1.91. The van der Waals surface area contributed by atoms with Crippen LogP contribution in [0.25, 0.3) is 0 Å². The Bertz CT molecular complexity index is 317. The van der Waals surface area contributed by atoms with Crippen molar-refractivity contribution in [2.24, 2.45) is 5.92 Å². The van der Waals surface area contributed by atoms with Crippen LogP contribution in [0.4, 0.5) is 0 Å². The third-order valence-electron chi connectivity index (χ3n) is 3.90. The van der Waals surface area contributed by atoms with Gasteiger partial charge >= 0.3 is 0 Å². The SMILES string of the molecule is CC(NS(=O)(=O)C1CCCC1)C1CCNC1. The maximum atomic E-state index is 12.1. The van der Waals surface area contributed by atoms with Crippen LogP contribution in [0, 0.1) is 5.92 Å². The lowest BCUT2D eigenvalue weighted by Gasteiger charge is -2.22. The zero-order chi connectivity index (χ0) is 11.6. The average Bonchev–Trinajstić information content (AvgIpc) is 2.91. The van der Waals surface area contributed by atoms with E-state index in [1.165, 1.54) is 0 Å². The van der Waals surface area contributed by atoms with Gasteiger partial charge in [-0.1, -0.05) is 12.8 Å². The van der Waals surface area contributed by atoms with E-state index in [1.54, 1.807) is 0 Å². The van der Waals surface area contributed by atoms with Gasteiger partial charge in [0, 0.05) is 6.04 Å². The zero-order valence-corrected chi connectivity index (χ0v) is 10.7. The predicted molar refractivity (Wildman–Crippen MR) is 64.8 cm³/mol. The van der Waals surface area contributed by atoms with Crippen LogP contribution in [0.15, 0.2) is 0 Å². The number of hydrogen-bond acceptors (Lipinski definition) is 3. The topological polar surface area (TPSA) is 58.2 Å². The molecule has 0 aromatic heterocycles. The third-order valence-corrected chi connectivity index (χ3v) is 5.95. The minimum absolute atomic E-state index is 0.0700. The Hall–Kier alpha value is -0.130. The Morgan fingerprint density at radius 3 is 2.50 bits per heavy atom. The summed E-state index contributed by atoms with van der Waals surface area (Å²) in [5.74, 6) is 0.455. The van der Waals surface area contributed by atoms with Gasteiger partial charge in [0.05, 0.1) is 5.25 Å². The molecule has 2 atom stereocenters. The van der Waals surface area contributed by atoms with Crippen LogP contribution in [0.1, 0.15) is 39.0 Å². The summed E-state index contributed by atoms with van der Waals surface area (Å²) in [5, 5.41) is 3.14. The van der Waals surface area contributed by atoms with Gasteiger partial charge in [-0.3, -0.25) is 0 Å². The van der Waals surface area contributed by atoms with Crippen LogP contribution in [0.3, 0.4) is 0 Å². The molecule has 2 N–H and O–H groups in total. The molecule has 0 aromatic carbocycles. The van der Waals surface area contributed by atoms with Gasteiger partial charge in [-0.15, -0.1) is 0 Å². The molecule has 2 rings (SSSR count). The molecule has 2 aliphatic rings. The highest BCUT2D eigenvalue weighted by molar-refractivity contribution is 7.90. The van der Waals surface area contributed by atoms with Crippen molar-refractivity contribution in [1.29, 1.82) is 0 Å². The lowest BCUT2D eigenvalue weighted by atomic mass is 10.0. The second-order valence-corrected chi connectivity index (χ2v) is 7.10. The summed E-state index contributed by atoms with van der Waals surface area (Å²) in [4.78, 5) is 0. The van der Waals surface area contributed by atoms with E-state index in [0.717, 1.165) is 45.2 Å². The van der Waals surface area contributed by atoms with Crippen LogP contribution in [0.5, 0.6) is 0 Å². The molecule has 94 valence electrons. The highest BCUT2D eigenvalue weighted by atomic mass is 32.2. The molecule has 1 saturated heterocycles. The molecule has 0 spiro atoms. The summed E-state index contributed by atoms with van der Waals surface area (Å²) in [5.41, 5.74) is 0. The number of rotatable bonds is 4. The molecule has 1 saturated carbocycles. The zero-order valence-electron chi connectivity index (χ0n) is 9.91. The fourth-order valence-electron chi connectivity index (χ4n) is 2.75. The quantitative estimate of drug-likeness (QED) is 0.773. The van der Waals surface area contributed by atoms with Crippen LogP contribution in [0.2, 0.25) is 0 Å². The van der Waals surface area contributed by atoms with Gasteiger partial charge in [0.15, 0.2) is 0 Å². The van der Waals surface area contributed by atoms with Crippen molar-refractivity contribution in [2.45, 2.75) is 50.3 Å². The van der Waals surface area contributed by atoms with Crippen LogP contribution < -0.4 is 10.0 Å². The van der Waals surface area contributed by atoms with E-state index in [0.29, 0.717) is 5.92 Å². The predicted octanol–water partition coefficient (Wildman–Crippen LogP) is 0.846. The van der Waals surface area contributed by atoms with E-state index >= 15 is 0 Å². The minimum atomic E-state index is -3.07. The van der Waals surface area contributed by atoms with Crippen molar-refractivity contribution in [3.63, 3.8) is 0 Å². The summed E-state index contributed by atoms with van der Waals surface area (Å²) in [6, 6.07) is 0.0700. The monoisotopic (exact) mass is 246 g/mol. The van der Waals surface area contributed by atoms with Crippen LogP contribution in [-0.4, -0.2) is 32.8 Å². The molecule has 1 aliphatic carbocycles. The summed E-state index contributed by atoms with van der Waals surface area (Å²) in [7, 11) is -3.07. The lowest BCUT2D eigenvalue weighted by Crippen LogP contribution is -2.42. The van der Waals surface area contributed by atoms with E-state index in [-0.39, 0.29) is 11.3 Å². The smallest absolute Gasteiger partial charge is 0.214 e. The summed E-state index contributed by atoms with van der Waals surface area (Å²) < 4.78 is 27.0.